The third kappa shape index (κ3) is 2.49. The van der Waals surface area contributed by atoms with Gasteiger partial charge < -0.3 is 5.73 Å². The number of rotatable bonds is 2. The van der Waals surface area contributed by atoms with Crippen molar-refractivity contribution in [3.05, 3.63) is 34.9 Å². The van der Waals surface area contributed by atoms with Gasteiger partial charge in [0.2, 0.25) is 0 Å². The fourth-order valence-electron chi connectivity index (χ4n) is 3.05. The number of carbonyl (C=O) groups excluding carboxylic acids is 1. The summed E-state index contributed by atoms with van der Waals surface area (Å²) in [4.78, 5) is 12.7. The standard InChI is InChI=1S/C16H23NO/c1-11-6-7-13(3)14(9-11)15(18)16(17)8-4-5-12(2)10-16/h6-7,9,12H,4-5,8,10,17H2,1-3H3. The molecule has 0 amide bonds. The molecule has 0 spiro atoms. The van der Waals surface area contributed by atoms with Crippen molar-refractivity contribution in [3.8, 4) is 0 Å². The first-order valence-electron chi connectivity index (χ1n) is 6.83. The normalized spacial score (nSPS) is 28.1. The second-order valence-electron chi connectivity index (χ2n) is 6.01. The number of Topliss-reactive ketones (excluding diaryl/α,β-unsaturated/α-hetero) is 1. The Hall–Kier alpha value is -1.15. The molecule has 1 fully saturated rings. The average Bonchev–Trinajstić information content (AvgIpc) is 2.31. The van der Waals surface area contributed by atoms with Crippen LogP contribution in [-0.2, 0) is 0 Å². The predicted octanol–water partition coefficient (Wildman–Crippen LogP) is 3.39. The highest BCUT2D eigenvalue weighted by atomic mass is 16.1. The average molecular weight is 245 g/mol. The summed E-state index contributed by atoms with van der Waals surface area (Å²) >= 11 is 0. The summed E-state index contributed by atoms with van der Waals surface area (Å²) in [6.45, 7) is 6.20. The predicted molar refractivity (Wildman–Crippen MR) is 74.8 cm³/mol. The molecule has 2 rings (SSSR count). The van der Waals surface area contributed by atoms with Crippen LogP contribution in [0.4, 0.5) is 0 Å². The van der Waals surface area contributed by atoms with Gasteiger partial charge in [0.15, 0.2) is 5.78 Å². The van der Waals surface area contributed by atoms with E-state index < -0.39 is 5.54 Å². The second-order valence-corrected chi connectivity index (χ2v) is 6.01. The highest BCUT2D eigenvalue weighted by Gasteiger charge is 2.38. The molecule has 0 saturated heterocycles. The maximum atomic E-state index is 12.7. The van der Waals surface area contributed by atoms with E-state index in [-0.39, 0.29) is 5.78 Å². The van der Waals surface area contributed by atoms with Gasteiger partial charge in [0.25, 0.3) is 0 Å². The number of benzene rings is 1. The summed E-state index contributed by atoms with van der Waals surface area (Å²) in [6.07, 6.45) is 3.90. The van der Waals surface area contributed by atoms with E-state index in [0.717, 1.165) is 36.0 Å². The lowest BCUT2D eigenvalue weighted by atomic mass is 9.72. The van der Waals surface area contributed by atoms with Crippen LogP contribution in [0.1, 0.15) is 54.1 Å². The Morgan fingerprint density at radius 2 is 2.11 bits per heavy atom. The summed E-state index contributed by atoms with van der Waals surface area (Å²) < 4.78 is 0. The molecule has 2 unspecified atom stereocenters. The molecule has 0 bridgehead atoms. The molecular weight excluding hydrogens is 222 g/mol. The zero-order valence-corrected chi connectivity index (χ0v) is 11.6. The summed E-state index contributed by atoms with van der Waals surface area (Å²) in [5.41, 5.74) is 8.72. The molecule has 0 heterocycles. The molecule has 1 aromatic carbocycles. The third-order valence-electron chi connectivity index (χ3n) is 4.12. The van der Waals surface area contributed by atoms with Crippen LogP contribution < -0.4 is 5.73 Å². The Morgan fingerprint density at radius 3 is 2.78 bits per heavy atom. The molecule has 0 aliphatic heterocycles. The highest BCUT2D eigenvalue weighted by molar-refractivity contribution is 6.04. The van der Waals surface area contributed by atoms with E-state index in [2.05, 4.69) is 6.92 Å². The molecule has 1 aliphatic carbocycles. The van der Waals surface area contributed by atoms with Gasteiger partial charge in [0.1, 0.15) is 0 Å². The number of carbonyl (C=O) groups is 1. The van der Waals surface area contributed by atoms with Crippen molar-refractivity contribution in [1.29, 1.82) is 0 Å². The topological polar surface area (TPSA) is 43.1 Å². The lowest BCUT2D eigenvalue weighted by Gasteiger charge is -2.35. The first-order valence-corrected chi connectivity index (χ1v) is 6.83. The van der Waals surface area contributed by atoms with Gasteiger partial charge in [-0.1, -0.05) is 37.5 Å². The SMILES string of the molecule is Cc1ccc(C)c(C(=O)C2(N)CCCC(C)C2)c1. The Morgan fingerprint density at radius 1 is 1.39 bits per heavy atom. The van der Waals surface area contributed by atoms with Gasteiger partial charge in [-0.15, -0.1) is 0 Å². The van der Waals surface area contributed by atoms with Crippen molar-refractivity contribution in [2.24, 2.45) is 11.7 Å². The molecular formula is C16H23NO. The van der Waals surface area contributed by atoms with Crippen molar-refractivity contribution >= 4 is 5.78 Å². The Balaban J connectivity index is 2.32. The maximum Gasteiger partial charge on any atom is 0.182 e. The largest absolute Gasteiger partial charge is 0.319 e. The van der Waals surface area contributed by atoms with E-state index in [4.69, 9.17) is 5.73 Å². The molecule has 2 N–H and O–H groups in total. The van der Waals surface area contributed by atoms with Crippen molar-refractivity contribution < 1.29 is 4.79 Å². The fraction of sp³-hybridized carbons (Fsp3) is 0.562. The number of ketones is 1. The summed E-state index contributed by atoms with van der Waals surface area (Å²) in [6, 6.07) is 6.03. The molecule has 1 saturated carbocycles. The number of nitrogens with two attached hydrogens (primary N) is 1. The number of aryl methyl sites for hydroxylation is 2. The van der Waals surface area contributed by atoms with Gasteiger partial charge in [-0.3, -0.25) is 4.79 Å². The zero-order valence-electron chi connectivity index (χ0n) is 11.6. The molecule has 1 aromatic rings. The van der Waals surface area contributed by atoms with Gasteiger partial charge in [-0.25, -0.2) is 0 Å². The minimum atomic E-state index is -0.643. The molecule has 18 heavy (non-hydrogen) atoms. The first-order chi connectivity index (χ1) is 8.42. The quantitative estimate of drug-likeness (QED) is 0.812. The van der Waals surface area contributed by atoms with Crippen LogP contribution in [0, 0.1) is 19.8 Å². The van der Waals surface area contributed by atoms with Gasteiger partial charge in [-0.2, -0.15) is 0 Å². The van der Waals surface area contributed by atoms with Crippen molar-refractivity contribution in [2.75, 3.05) is 0 Å². The summed E-state index contributed by atoms with van der Waals surface area (Å²) in [7, 11) is 0. The van der Waals surface area contributed by atoms with Crippen LogP contribution in [0.3, 0.4) is 0 Å². The van der Waals surface area contributed by atoms with E-state index in [1.54, 1.807) is 0 Å². The number of hydrogen-bond donors (Lipinski definition) is 1. The van der Waals surface area contributed by atoms with E-state index in [0.29, 0.717) is 5.92 Å². The van der Waals surface area contributed by atoms with Gasteiger partial charge in [0.05, 0.1) is 5.54 Å². The highest BCUT2D eigenvalue weighted by Crippen LogP contribution is 2.33. The van der Waals surface area contributed by atoms with Crippen LogP contribution in [0.25, 0.3) is 0 Å². The van der Waals surface area contributed by atoms with E-state index >= 15 is 0 Å². The maximum absolute atomic E-state index is 12.7. The van der Waals surface area contributed by atoms with Gasteiger partial charge in [-0.05, 0) is 44.2 Å². The molecule has 2 heteroatoms. The summed E-state index contributed by atoms with van der Waals surface area (Å²) in [5.74, 6) is 0.688. The van der Waals surface area contributed by atoms with Crippen LogP contribution in [-0.4, -0.2) is 11.3 Å². The monoisotopic (exact) mass is 245 g/mol. The van der Waals surface area contributed by atoms with Crippen LogP contribution in [0.15, 0.2) is 18.2 Å². The Labute approximate surface area is 110 Å². The van der Waals surface area contributed by atoms with E-state index in [9.17, 15) is 4.79 Å². The van der Waals surface area contributed by atoms with Gasteiger partial charge >= 0.3 is 0 Å². The van der Waals surface area contributed by atoms with Crippen molar-refractivity contribution in [1.82, 2.24) is 0 Å². The van der Waals surface area contributed by atoms with Crippen LogP contribution in [0.2, 0.25) is 0 Å². The first kappa shape index (κ1) is 13.3. The van der Waals surface area contributed by atoms with E-state index in [1.165, 1.54) is 6.42 Å². The Kier molecular flexibility index (Phi) is 3.58. The number of hydrogen-bond acceptors (Lipinski definition) is 2. The Bertz CT molecular complexity index is 466. The van der Waals surface area contributed by atoms with Crippen LogP contribution in [0.5, 0.6) is 0 Å². The van der Waals surface area contributed by atoms with Crippen molar-refractivity contribution in [3.63, 3.8) is 0 Å². The van der Waals surface area contributed by atoms with Crippen molar-refractivity contribution in [2.45, 2.75) is 52.0 Å². The molecule has 98 valence electrons. The molecule has 0 radical (unpaired) electrons. The minimum absolute atomic E-state index is 0.134. The molecule has 1 aliphatic rings. The second kappa shape index (κ2) is 4.85. The zero-order chi connectivity index (χ0) is 13.3. The lowest BCUT2D eigenvalue weighted by molar-refractivity contribution is 0.0819. The molecule has 2 atom stereocenters. The summed E-state index contributed by atoms with van der Waals surface area (Å²) in [5, 5.41) is 0. The lowest BCUT2D eigenvalue weighted by Crippen LogP contribution is -2.51. The minimum Gasteiger partial charge on any atom is -0.319 e. The third-order valence-corrected chi connectivity index (χ3v) is 4.12. The van der Waals surface area contributed by atoms with Crippen LogP contribution >= 0.6 is 0 Å². The van der Waals surface area contributed by atoms with Gasteiger partial charge in [0, 0.05) is 5.56 Å². The fourth-order valence-corrected chi connectivity index (χ4v) is 3.05. The smallest absolute Gasteiger partial charge is 0.182 e. The molecule has 2 nitrogen and oxygen atoms in total. The van der Waals surface area contributed by atoms with E-state index in [1.807, 2.05) is 32.0 Å². The molecule has 0 aromatic heterocycles.